The highest BCUT2D eigenvalue weighted by Crippen LogP contribution is 2.31. The first kappa shape index (κ1) is 20.6. The van der Waals surface area contributed by atoms with Crippen LogP contribution >= 0.6 is 0 Å². The van der Waals surface area contributed by atoms with E-state index >= 15 is 0 Å². The van der Waals surface area contributed by atoms with Crippen LogP contribution in [-0.4, -0.2) is 25.0 Å². The fraction of sp³-hybridized carbons (Fsp3) is 0.0800. The summed E-state index contributed by atoms with van der Waals surface area (Å²) in [6.45, 7) is 1.40. The van der Waals surface area contributed by atoms with Crippen molar-refractivity contribution < 1.29 is 13.6 Å². The monoisotopic (exact) mass is 443 g/mol. The number of anilines is 1. The summed E-state index contributed by atoms with van der Waals surface area (Å²) < 4.78 is 31.7. The Hall–Kier alpha value is -4.33. The van der Waals surface area contributed by atoms with Crippen molar-refractivity contribution in [3.63, 3.8) is 0 Å². The molecule has 0 aliphatic carbocycles. The molecule has 164 valence electrons. The van der Waals surface area contributed by atoms with Gasteiger partial charge in [-0.25, -0.2) is 18.7 Å². The Morgan fingerprint density at radius 3 is 2.52 bits per heavy atom. The lowest BCUT2D eigenvalue weighted by Gasteiger charge is -2.13. The van der Waals surface area contributed by atoms with Gasteiger partial charge in [0.25, 0.3) is 0 Å². The third-order valence-corrected chi connectivity index (χ3v) is 5.31. The van der Waals surface area contributed by atoms with Gasteiger partial charge in [0.2, 0.25) is 5.91 Å². The second kappa shape index (κ2) is 7.98. The summed E-state index contributed by atoms with van der Waals surface area (Å²) in [4.78, 5) is 20.6. The number of aryl methyl sites for hydroxylation is 1. The molecule has 0 unspecified atom stereocenters. The highest BCUT2D eigenvalue weighted by Gasteiger charge is 2.13. The fourth-order valence-electron chi connectivity index (χ4n) is 3.84. The SMILES string of the molecule is CC(=O)Nc1cc(-c2ccc(F)cc2F)cc(-n2cnc3cc(-c4cn(C)cn4)ccc32)c1. The summed E-state index contributed by atoms with van der Waals surface area (Å²) in [5, 5.41) is 2.75. The summed E-state index contributed by atoms with van der Waals surface area (Å²) >= 11 is 0. The number of carbonyl (C=O) groups is 1. The van der Waals surface area contributed by atoms with Crippen LogP contribution in [0.5, 0.6) is 0 Å². The summed E-state index contributed by atoms with van der Waals surface area (Å²) in [6.07, 6.45) is 5.34. The molecule has 0 aliphatic rings. The number of nitrogens with one attached hydrogen (secondary N) is 1. The molecule has 8 heteroatoms. The molecule has 0 fully saturated rings. The van der Waals surface area contributed by atoms with Crippen LogP contribution in [0.25, 0.3) is 39.1 Å². The van der Waals surface area contributed by atoms with Gasteiger partial charge in [-0.15, -0.1) is 0 Å². The van der Waals surface area contributed by atoms with Gasteiger partial charge in [-0.1, -0.05) is 6.07 Å². The van der Waals surface area contributed by atoms with Crippen LogP contribution in [0.15, 0.2) is 73.4 Å². The zero-order chi connectivity index (χ0) is 23.1. The number of hydrogen-bond donors (Lipinski definition) is 1. The van der Waals surface area contributed by atoms with Crippen LogP contribution in [0.3, 0.4) is 0 Å². The Kier molecular flexibility index (Phi) is 4.97. The van der Waals surface area contributed by atoms with Crippen molar-refractivity contribution in [1.82, 2.24) is 19.1 Å². The van der Waals surface area contributed by atoms with Gasteiger partial charge >= 0.3 is 0 Å². The maximum Gasteiger partial charge on any atom is 0.221 e. The number of aromatic nitrogens is 4. The van der Waals surface area contributed by atoms with Crippen LogP contribution < -0.4 is 5.32 Å². The number of halogens is 2. The number of nitrogens with zero attached hydrogens (tertiary/aromatic N) is 4. The van der Waals surface area contributed by atoms with Crippen LogP contribution in [0.4, 0.5) is 14.5 Å². The lowest BCUT2D eigenvalue weighted by molar-refractivity contribution is -0.114. The maximum atomic E-state index is 14.5. The van der Waals surface area contributed by atoms with Crippen molar-refractivity contribution >= 4 is 22.6 Å². The number of benzene rings is 3. The lowest BCUT2D eigenvalue weighted by Crippen LogP contribution is -2.07. The Labute approximate surface area is 188 Å². The average molecular weight is 443 g/mol. The quantitative estimate of drug-likeness (QED) is 0.408. The van der Waals surface area contributed by atoms with E-state index in [-0.39, 0.29) is 11.5 Å². The highest BCUT2D eigenvalue weighted by atomic mass is 19.1. The third-order valence-electron chi connectivity index (χ3n) is 5.31. The molecule has 3 aromatic carbocycles. The summed E-state index contributed by atoms with van der Waals surface area (Å²) in [7, 11) is 1.91. The minimum atomic E-state index is -0.684. The molecule has 1 N–H and O–H groups in total. The number of amides is 1. The minimum absolute atomic E-state index is 0.228. The predicted octanol–water partition coefficient (Wildman–Crippen LogP) is 5.33. The zero-order valence-corrected chi connectivity index (χ0v) is 17.9. The Morgan fingerprint density at radius 1 is 0.939 bits per heavy atom. The van der Waals surface area contributed by atoms with Crippen molar-refractivity contribution in [3.8, 4) is 28.1 Å². The predicted molar refractivity (Wildman–Crippen MR) is 123 cm³/mol. The van der Waals surface area contributed by atoms with Crippen LogP contribution in [-0.2, 0) is 11.8 Å². The molecule has 2 aromatic heterocycles. The van der Waals surface area contributed by atoms with Crippen molar-refractivity contribution in [1.29, 1.82) is 0 Å². The smallest absolute Gasteiger partial charge is 0.221 e. The van der Waals surface area contributed by atoms with E-state index in [4.69, 9.17) is 0 Å². The van der Waals surface area contributed by atoms with Gasteiger partial charge in [-0.05, 0) is 48.0 Å². The summed E-state index contributed by atoms with van der Waals surface area (Å²) in [5.74, 6) is -1.59. The van der Waals surface area contributed by atoms with Crippen molar-refractivity contribution in [2.75, 3.05) is 5.32 Å². The van der Waals surface area contributed by atoms with E-state index in [1.165, 1.54) is 19.1 Å². The molecule has 0 saturated heterocycles. The average Bonchev–Trinajstić information content (AvgIpc) is 3.38. The largest absolute Gasteiger partial charge is 0.340 e. The molecular weight excluding hydrogens is 424 g/mol. The van der Waals surface area contributed by atoms with Gasteiger partial charge < -0.3 is 9.88 Å². The molecule has 0 radical (unpaired) electrons. The number of imidazole rings is 2. The second-order valence-corrected chi connectivity index (χ2v) is 7.82. The van der Waals surface area contributed by atoms with E-state index in [1.807, 2.05) is 40.6 Å². The van der Waals surface area contributed by atoms with Gasteiger partial charge in [-0.3, -0.25) is 9.36 Å². The molecule has 6 nitrogen and oxygen atoms in total. The molecule has 5 aromatic rings. The summed E-state index contributed by atoms with van der Waals surface area (Å²) in [6, 6.07) is 14.5. The number of rotatable bonds is 4. The number of carbonyl (C=O) groups excluding carboxylic acids is 1. The molecule has 0 saturated carbocycles. The zero-order valence-electron chi connectivity index (χ0n) is 17.9. The molecule has 0 atom stereocenters. The van der Waals surface area contributed by atoms with Crippen molar-refractivity contribution in [2.24, 2.45) is 7.05 Å². The fourth-order valence-corrected chi connectivity index (χ4v) is 3.84. The summed E-state index contributed by atoms with van der Waals surface area (Å²) in [5.41, 5.74) is 5.27. The third kappa shape index (κ3) is 3.98. The van der Waals surface area contributed by atoms with Crippen LogP contribution in [0.1, 0.15) is 6.92 Å². The molecule has 2 heterocycles. The van der Waals surface area contributed by atoms with Crippen LogP contribution in [0.2, 0.25) is 0 Å². The maximum absolute atomic E-state index is 14.5. The van der Waals surface area contributed by atoms with Gasteiger partial charge in [0.1, 0.15) is 18.0 Å². The first-order valence-corrected chi connectivity index (χ1v) is 10.2. The molecule has 1 amide bonds. The Morgan fingerprint density at radius 2 is 1.79 bits per heavy atom. The van der Waals surface area contributed by atoms with Gasteiger partial charge in [0.05, 0.1) is 23.1 Å². The second-order valence-electron chi connectivity index (χ2n) is 7.82. The van der Waals surface area contributed by atoms with E-state index in [9.17, 15) is 13.6 Å². The number of fused-ring (bicyclic) bond motifs is 1. The van der Waals surface area contributed by atoms with E-state index < -0.39 is 11.6 Å². The number of hydrogen-bond acceptors (Lipinski definition) is 3. The van der Waals surface area contributed by atoms with Crippen molar-refractivity contribution in [3.05, 3.63) is 85.1 Å². The topological polar surface area (TPSA) is 64.7 Å². The minimum Gasteiger partial charge on any atom is -0.340 e. The molecule has 0 bridgehead atoms. The first-order valence-electron chi connectivity index (χ1n) is 10.2. The van der Waals surface area contributed by atoms with E-state index in [0.717, 1.165) is 28.4 Å². The molecule has 5 rings (SSSR count). The molecule has 0 spiro atoms. The molecule has 33 heavy (non-hydrogen) atoms. The van der Waals surface area contributed by atoms with E-state index in [0.29, 0.717) is 16.9 Å². The van der Waals surface area contributed by atoms with Crippen LogP contribution in [0, 0.1) is 11.6 Å². The Balaban J connectivity index is 1.64. The standard InChI is InChI=1S/C25H19F2N5O/c1-15(33)30-19-7-17(21-5-4-18(26)10-22(21)27)8-20(11-19)32-14-29-23-9-16(3-6-25(23)32)24-12-31(2)13-28-24/h3-14H,1-2H3,(H,30,33). The van der Waals surface area contributed by atoms with Gasteiger partial charge in [-0.2, -0.15) is 0 Å². The molecular formula is C25H19F2N5O. The van der Waals surface area contributed by atoms with Gasteiger partial charge in [0, 0.05) is 48.7 Å². The van der Waals surface area contributed by atoms with Crippen molar-refractivity contribution in [2.45, 2.75) is 6.92 Å². The first-order chi connectivity index (χ1) is 15.9. The highest BCUT2D eigenvalue weighted by molar-refractivity contribution is 5.91. The molecule has 0 aliphatic heterocycles. The van der Waals surface area contributed by atoms with Gasteiger partial charge in [0.15, 0.2) is 0 Å². The van der Waals surface area contributed by atoms with E-state index in [2.05, 4.69) is 15.3 Å². The Bertz CT molecular complexity index is 1520. The normalized spacial score (nSPS) is 11.2. The van der Waals surface area contributed by atoms with E-state index in [1.54, 1.807) is 30.9 Å². The lowest BCUT2D eigenvalue weighted by atomic mass is 10.0.